The van der Waals surface area contributed by atoms with Crippen molar-refractivity contribution in [1.29, 1.82) is 0 Å². The average Bonchev–Trinajstić information content (AvgIpc) is 3.54. The number of carbonyl (C=O) groups excluding carboxylic acids is 2. The zero-order valence-corrected chi connectivity index (χ0v) is 24.6. The number of nitrogens with zero attached hydrogens (tertiary/aromatic N) is 3. The predicted octanol–water partition coefficient (Wildman–Crippen LogP) is 6.59. The van der Waals surface area contributed by atoms with Crippen molar-refractivity contribution in [3.63, 3.8) is 0 Å². The van der Waals surface area contributed by atoms with Gasteiger partial charge in [0.05, 0.1) is 12.9 Å². The Hall–Kier alpha value is -3.89. The number of benzene rings is 2. The van der Waals surface area contributed by atoms with E-state index < -0.39 is 5.97 Å². The van der Waals surface area contributed by atoms with Gasteiger partial charge in [-0.05, 0) is 28.7 Å². The molecular formula is C30H32N4O4S2. The number of nitrogens with one attached hydrogen (secondary N) is 1. The monoisotopic (exact) mass is 576 g/mol. The van der Waals surface area contributed by atoms with Crippen LogP contribution in [0.1, 0.15) is 42.5 Å². The van der Waals surface area contributed by atoms with Crippen molar-refractivity contribution in [3.05, 3.63) is 89.6 Å². The zero-order chi connectivity index (χ0) is 28.7. The highest BCUT2D eigenvalue weighted by atomic mass is 32.2. The molecule has 0 saturated heterocycles. The molecule has 0 unspecified atom stereocenters. The van der Waals surface area contributed by atoms with Gasteiger partial charge in [0.1, 0.15) is 22.9 Å². The largest absolute Gasteiger partial charge is 0.486 e. The zero-order valence-electron chi connectivity index (χ0n) is 23.0. The minimum Gasteiger partial charge on any atom is -0.486 e. The van der Waals surface area contributed by atoms with Crippen molar-refractivity contribution in [2.45, 2.75) is 44.5 Å². The summed E-state index contributed by atoms with van der Waals surface area (Å²) in [5.41, 5.74) is 3.21. The van der Waals surface area contributed by atoms with Gasteiger partial charge < -0.3 is 14.8 Å². The standard InChI is InChI=1S/C30H32N4O4S2/c1-6-16-34-24(17-38-22-14-12-21(13-15-22)30(2,3)4)32-33-29(34)40-19-25(35)31-27-26(28(36)37-5)23(18-39-27)20-10-8-7-9-11-20/h6-15,18H,1,16-17,19H2,2-5H3,(H,31,35). The Morgan fingerprint density at radius 3 is 2.48 bits per heavy atom. The average molecular weight is 577 g/mol. The summed E-state index contributed by atoms with van der Waals surface area (Å²) in [6.07, 6.45) is 1.74. The molecule has 0 spiro atoms. The first-order valence-corrected chi connectivity index (χ1v) is 14.5. The van der Waals surface area contributed by atoms with Crippen LogP contribution in [-0.2, 0) is 28.1 Å². The lowest BCUT2D eigenvalue weighted by molar-refractivity contribution is -0.113. The van der Waals surface area contributed by atoms with E-state index in [9.17, 15) is 9.59 Å². The molecule has 1 amide bonds. The number of hydrogen-bond acceptors (Lipinski definition) is 8. The van der Waals surface area contributed by atoms with Crippen LogP contribution in [0.25, 0.3) is 11.1 Å². The summed E-state index contributed by atoms with van der Waals surface area (Å²) in [6, 6.07) is 17.5. The molecule has 0 atom stereocenters. The number of hydrogen-bond donors (Lipinski definition) is 1. The number of rotatable bonds is 11. The summed E-state index contributed by atoms with van der Waals surface area (Å²) >= 11 is 2.53. The fourth-order valence-corrected chi connectivity index (χ4v) is 5.66. The third-order valence-corrected chi connectivity index (χ3v) is 7.91. The maximum Gasteiger partial charge on any atom is 0.341 e. The molecule has 0 saturated carbocycles. The second-order valence-corrected chi connectivity index (χ2v) is 11.7. The summed E-state index contributed by atoms with van der Waals surface area (Å²) < 4.78 is 12.8. The van der Waals surface area contributed by atoms with Gasteiger partial charge in [-0.25, -0.2) is 4.79 Å². The van der Waals surface area contributed by atoms with Crippen LogP contribution >= 0.6 is 23.1 Å². The Morgan fingerprint density at radius 2 is 1.82 bits per heavy atom. The van der Waals surface area contributed by atoms with Gasteiger partial charge in [0.2, 0.25) is 5.91 Å². The van der Waals surface area contributed by atoms with E-state index in [4.69, 9.17) is 9.47 Å². The molecule has 0 radical (unpaired) electrons. The van der Waals surface area contributed by atoms with E-state index in [1.165, 1.54) is 35.8 Å². The lowest BCUT2D eigenvalue weighted by Gasteiger charge is -2.19. The Labute approximate surface area is 242 Å². The summed E-state index contributed by atoms with van der Waals surface area (Å²) in [5.74, 6) is 0.653. The van der Waals surface area contributed by atoms with E-state index >= 15 is 0 Å². The molecule has 2 heterocycles. The molecule has 1 N–H and O–H groups in total. The molecule has 0 aliphatic heterocycles. The van der Waals surface area contributed by atoms with Crippen LogP contribution in [0, 0.1) is 0 Å². The first kappa shape index (κ1) is 29.1. The van der Waals surface area contributed by atoms with Gasteiger partial charge in [0.15, 0.2) is 11.0 Å². The number of amides is 1. The van der Waals surface area contributed by atoms with Crippen molar-refractivity contribution in [1.82, 2.24) is 14.8 Å². The lowest BCUT2D eigenvalue weighted by atomic mass is 9.87. The van der Waals surface area contributed by atoms with Crippen LogP contribution < -0.4 is 10.1 Å². The number of esters is 1. The van der Waals surface area contributed by atoms with Crippen molar-refractivity contribution in [2.24, 2.45) is 0 Å². The minimum absolute atomic E-state index is 0.0651. The summed E-state index contributed by atoms with van der Waals surface area (Å²) in [5, 5.41) is 14.3. The van der Waals surface area contributed by atoms with Crippen LogP contribution in [0.5, 0.6) is 5.75 Å². The molecule has 0 aliphatic carbocycles. The molecule has 40 heavy (non-hydrogen) atoms. The predicted molar refractivity (Wildman–Crippen MR) is 160 cm³/mol. The van der Waals surface area contributed by atoms with Gasteiger partial charge in [-0.1, -0.05) is 81.1 Å². The third kappa shape index (κ3) is 7.00. The number of aromatic nitrogens is 3. The lowest BCUT2D eigenvalue weighted by Crippen LogP contribution is -2.16. The van der Waals surface area contributed by atoms with E-state index in [0.29, 0.717) is 33.7 Å². The number of anilines is 1. The van der Waals surface area contributed by atoms with E-state index in [2.05, 4.69) is 55.0 Å². The first-order chi connectivity index (χ1) is 19.2. The Kier molecular flexibility index (Phi) is 9.44. The van der Waals surface area contributed by atoms with Crippen molar-refractivity contribution in [2.75, 3.05) is 18.2 Å². The Bertz CT molecular complexity index is 1470. The molecule has 0 fully saturated rings. The minimum atomic E-state index is -0.508. The van der Waals surface area contributed by atoms with Crippen LogP contribution in [0.4, 0.5) is 5.00 Å². The molecule has 10 heteroatoms. The summed E-state index contributed by atoms with van der Waals surface area (Å²) in [7, 11) is 1.32. The van der Waals surface area contributed by atoms with Crippen LogP contribution in [-0.4, -0.2) is 39.5 Å². The number of allylic oxidation sites excluding steroid dienone is 1. The Balaban J connectivity index is 1.42. The van der Waals surface area contributed by atoms with Crippen molar-refractivity contribution < 1.29 is 19.1 Å². The second kappa shape index (κ2) is 13.0. The van der Waals surface area contributed by atoms with Crippen molar-refractivity contribution in [3.8, 4) is 16.9 Å². The van der Waals surface area contributed by atoms with Crippen LogP contribution in [0.2, 0.25) is 0 Å². The van der Waals surface area contributed by atoms with Crippen molar-refractivity contribution >= 4 is 40.0 Å². The molecule has 4 aromatic rings. The maximum absolute atomic E-state index is 12.9. The van der Waals surface area contributed by atoms with Gasteiger partial charge >= 0.3 is 5.97 Å². The fourth-order valence-electron chi connectivity index (χ4n) is 3.92. The van der Waals surface area contributed by atoms with E-state index in [-0.39, 0.29) is 23.7 Å². The third-order valence-electron chi connectivity index (χ3n) is 6.04. The van der Waals surface area contributed by atoms with Gasteiger partial charge in [0, 0.05) is 17.5 Å². The van der Waals surface area contributed by atoms with Gasteiger partial charge in [-0.2, -0.15) is 0 Å². The molecule has 2 aromatic carbocycles. The maximum atomic E-state index is 12.9. The highest BCUT2D eigenvalue weighted by Crippen LogP contribution is 2.36. The fraction of sp³-hybridized carbons (Fsp3) is 0.267. The first-order valence-electron chi connectivity index (χ1n) is 12.7. The van der Waals surface area contributed by atoms with Crippen LogP contribution in [0.3, 0.4) is 0 Å². The molecule has 208 valence electrons. The van der Waals surface area contributed by atoms with E-state index in [1.54, 1.807) is 6.08 Å². The number of thiophene rings is 1. The SMILES string of the molecule is C=CCn1c(COc2ccc(C(C)(C)C)cc2)nnc1SCC(=O)Nc1scc(-c2ccccc2)c1C(=O)OC. The highest BCUT2D eigenvalue weighted by molar-refractivity contribution is 7.99. The molecule has 4 rings (SSSR count). The van der Waals surface area contributed by atoms with E-state index in [1.807, 2.05) is 52.4 Å². The van der Waals surface area contributed by atoms with Crippen LogP contribution in [0.15, 0.2) is 77.8 Å². The summed E-state index contributed by atoms with van der Waals surface area (Å²) in [6.45, 7) is 11.0. The molecule has 2 aromatic heterocycles. The Morgan fingerprint density at radius 1 is 1.10 bits per heavy atom. The number of ether oxygens (including phenoxy) is 2. The van der Waals surface area contributed by atoms with Gasteiger partial charge in [0.25, 0.3) is 0 Å². The molecule has 0 bridgehead atoms. The van der Waals surface area contributed by atoms with Gasteiger partial charge in [-0.3, -0.25) is 9.36 Å². The van der Waals surface area contributed by atoms with Gasteiger partial charge in [-0.15, -0.1) is 28.1 Å². The molecule has 0 aliphatic rings. The molecule has 8 nitrogen and oxygen atoms in total. The topological polar surface area (TPSA) is 95.3 Å². The number of methoxy groups -OCH3 is 1. The number of thioether (sulfide) groups is 1. The normalized spacial score (nSPS) is 11.2. The van der Waals surface area contributed by atoms with E-state index in [0.717, 1.165) is 11.3 Å². The highest BCUT2D eigenvalue weighted by Gasteiger charge is 2.23. The molecular weight excluding hydrogens is 544 g/mol. The smallest absolute Gasteiger partial charge is 0.341 e. The number of carbonyl (C=O) groups is 2. The second-order valence-electron chi connectivity index (χ2n) is 9.91. The summed E-state index contributed by atoms with van der Waals surface area (Å²) in [4.78, 5) is 25.5. The quantitative estimate of drug-likeness (QED) is 0.122.